The van der Waals surface area contributed by atoms with E-state index in [1.807, 2.05) is 53.5 Å². The molecule has 0 radical (unpaired) electrons. The van der Waals surface area contributed by atoms with E-state index in [0.717, 1.165) is 66.3 Å². The van der Waals surface area contributed by atoms with Crippen molar-refractivity contribution >= 4 is 34.8 Å². The minimum absolute atomic E-state index is 0. The summed E-state index contributed by atoms with van der Waals surface area (Å²) in [7, 11) is 3.29. The smallest absolute Gasteiger partial charge is 0.124 e. The fraction of sp³-hybridized carbons (Fsp3) is 0.370. The summed E-state index contributed by atoms with van der Waals surface area (Å²) in [4.78, 5) is 11.7. The molecule has 37 heavy (non-hydrogen) atoms. The Labute approximate surface area is 223 Å². The second kappa shape index (κ2) is 12.2. The number of anilines is 2. The van der Waals surface area contributed by atoms with Crippen LogP contribution in [-0.2, 0) is 11.3 Å². The average Bonchev–Trinajstić information content (AvgIpc) is 3.39. The molecule has 1 saturated heterocycles. The molecule has 0 spiro atoms. The lowest BCUT2D eigenvalue weighted by molar-refractivity contribution is 0.0601. The largest absolute Gasteiger partial charge is 0.497 e. The number of fused-ring (bicyclic) bond motifs is 1. The van der Waals surface area contributed by atoms with Crippen LogP contribution in [0.5, 0.6) is 11.5 Å². The monoisotopic (exact) mass is 524 g/mol. The summed E-state index contributed by atoms with van der Waals surface area (Å²) in [6.07, 6.45) is 7.88. The standard InChI is InChI=1S/C27H32N6O3.ClH/c1-34-23-11-22(12-24(14-23)35-2)33(8-7-28)21-3-4-25-26(13-21)31-27(16-29-25)20-15-30-32(18-20)17-19-5-9-36-10-6-19;/h3-4,11-16,18-19H,5-10,17,28H2,1-2H3;1H. The van der Waals surface area contributed by atoms with E-state index in [1.54, 1.807) is 14.2 Å². The van der Waals surface area contributed by atoms with Gasteiger partial charge in [0.25, 0.3) is 0 Å². The number of methoxy groups -OCH3 is 2. The molecular formula is C27H33ClN6O3. The minimum Gasteiger partial charge on any atom is -0.497 e. The van der Waals surface area contributed by atoms with E-state index in [0.29, 0.717) is 30.5 Å². The summed E-state index contributed by atoms with van der Waals surface area (Å²) in [5, 5.41) is 4.57. The summed E-state index contributed by atoms with van der Waals surface area (Å²) in [5.41, 5.74) is 11.3. The predicted octanol–water partition coefficient (Wildman–Crippen LogP) is 4.46. The second-order valence-corrected chi connectivity index (χ2v) is 8.95. The first-order valence-electron chi connectivity index (χ1n) is 12.2. The molecule has 0 unspecified atom stereocenters. The third kappa shape index (κ3) is 6.12. The van der Waals surface area contributed by atoms with Crippen LogP contribution in [0.1, 0.15) is 12.8 Å². The Morgan fingerprint density at radius 3 is 2.46 bits per heavy atom. The summed E-state index contributed by atoms with van der Waals surface area (Å²) in [6, 6.07) is 11.8. The lowest BCUT2D eigenvalue weighted by Crippen LogP contribution is -2.24. The van der Waals surface area contributed by atoms with Crippen molar-refractivity contribution in [3.63, 3.8) is 0 Å². The van der Waals surface area contributed by atoms with Gasteiger partial charge in [0, 0.05) is 74.2 Å². The van der Waals surface area contributed by atoms with E-state index in [1.165, 1.54) is 0 Å². The van der Waals surface area contributed by atoms with Crippen molar-refractivity contribution in [2.45, 2.75) is 19.4 Å². The fourth-order valence-corrected chi connectivity index (χ4v) is 4.58. The van der Waals surface area contributed by atoms with E-state index in [2.05, 4.69) is 21.2 Å². The van der Waals surface area contributed by atoms with Crippen LogP contribution in [0, 0.1) is 5.92 Å². The molecule has 0 amide bonds. The normalized spacial score (nSPS) is 13.8. The van der Waals surface area contributed by atoms with E-state index >= 15 is 0 Å². The van der Waals surface area contributed by atoms with Crippen LogP contribution in [-0.4, -0.2) is 60.3 Å². The molecule has 2 aromatic carbocycles. The highest BCUT2D eigenvalue weighted by Crippen LogP contribution is 2.34. The molecule has 5 rings (SSSR count). The summed E-state index contributed by atoms with van der Waals surface area (Å²) >= 11 is 0. The zero-order valence-corrected chi connectivity index (χ0v) is 22.0. The van der Waals surface area contributed by atoms with Crippen LogP contribution < -0.4 is 20.1 Å². The van der Waals surface area contributed by atoms with Gasteiger partial charge in [0.2, 0.25) is 0 Å². The second-order valence-electron chi connectivity index (χ2n) is 8.95. The molecule has 2 N–H and O–H groups in total. The van der Waals surface area contributed by atoms with Gasteiger partial charge in [-0.15, -0.1) is 12.4 Å². The molecule has 1 aliphatic rings. The van der Waals surface area contributed by atoms with Crippen LogP contribution in [0.2, 0.25) is 0 Å². The molecule has 0 aliphatic carbocycles. The predicted molar refractivity (Wildman–Crippen MR) is 147 cm³/mol. The number of benzene rings is 2. The number of aromatic nitrogens is 4. The van der Waals surface area contributed by atoms with Gasteiger partial charge in [0.1, 0.15) is 11.5 Å². The first kappa shape index (κ1) is 26.7. The molecule has 3 heterocycles. The maximum absolute atomic E-state index is 5.98. The van der Waals surface area contributed by atoms with Gasteiger partial charge in [-0.2, -0.15) is 5.10 Å². The van der Waals surface area contributed by atoms with E-state index < -0.39 is 0 Å². The molecule has 1 fully saturated rings. The molecule has 9 nitrogen and oxygen atoms in total. The number of hydrogen-bond donors (Lipinski definition) is 1. The van der Waals surface area contributed by atoms with Crippen molar-refractivity contribution in [1.82, 2.24) is 19.7 Å². The Kier molecular flexibility index (Phi) is 8.81. The highest BCUT2D eigenvalue weighted by molar-refractivity contribution is 5.85. The molecule has 0 bridgehead atoms. The number of nitrogens with two attached hydrogens (primary N) is 1. The molecule has 2 aromatic heterocycles. The zero-order valence-electron chi connectivity index (χ0n) is 21.2. The van der Waals surface area contributed by atoms with Gasteiger partial charge in [-0.05, 0) is 37.0 Å². The Balaban J connectivity index is 0.00000320. The maximum Gasteiger partial charge on any atom is 0.124 e. The molecule has 0 saturated carbocycles. The summed E-state index contributed by atoms with van der Waals surface area (Å²) in [6.45, 7) is 3.66. The molecule has 0 atom stereocenters. The van der Waals surface area contributed by atoms with Crippen LogP contribution in [0.15, 0.2) is 55.0 Å². The number of ether oxygens (including phenoxy) is 3. The Morgan fingerprint density at radius 2 is 1.76 bits per heavy atom. The van der Waals surface area contributed by atoms with E-state index in [9.17, 15) is 0 Å². The minimum atomic E-state index is 0. The van der Waals surface area contributed by atoms with Gasteiger partial charge >= 0.3 is 0 Å². The first-order chi connectivity index (χ1) is 17.7. The van der Waals surface area contributed by atoms with Gasteiger partial charge in [-0.25, -0.2) is 4.98 Å². The van der Waals surface area contributed by atoms with Gasteiger partial charge in [0.05, 0.1) is 43.3 Å². The molecule has 196 valence electrons. The van der Waals surface area contributed by atoms with Crippen LogP contribution >= 0.6 is 12.4 Å². The highest BCUT2D eigenvalue weighted by atomic mass is 35.5. The third-order valence-corrected chi connectivity index (χ3v) is 6.55. The van der Waals surface area contributed by atoms with Gasteiger partial charge < -0.3 is 24.8 Å². The fourth-order valence-electron chi connectivity index (χ4n) is 4.58. The number of rotatable bonds is 9. The maximum atomic E-state index is 5.98. The lowest BCUT2D eigenvalue weighted by atomic mass is 10.0. The van der Waals surface area contributed by atoms with Crippen molar-refractivity contribution in [2.24, 2.45) is 11.7 Å². The van der Waals surface area contributed by atoms with Gasteiger partial charge in [-0.1, -0.05) is 0 Å². The zero-order chi connectivity index (χ0) is 24.9. The van der Waals surface area contributed by atoms with E-state index in [-0.39, 0.29) is 12.4 Å². The van der Waals surface area contributed by atoms with E-state index in [4.69, 9.17) is 24.9 Å². The van der Waals surface area contributed by atoms with Crippen molar-refractivity contribution in [3.8, 4) is 22.8 Å². The van der Waals surface area contributed by atoms with Crippen molar-refractivity contribution in [1.29, 1.82) is 0 Å². The van der Waals surface area contributed by atoms with Crippen molar-refractivity contribution in [3.05, 3.63) is 55.0 Å². The number of hydrogen-bond acceptors (Lipinski definition) is 8. The van der Waals surface area contributed by atoms with Crippen molar-refractivity contribution in [2.75, 3.05) is 45.4 Å². The lowest BCUT2D eigenvalue weighted by Gasteiger charge is -2.25. The quantitative estimate of drug-likeness (QED) is 0.342. The molecular weight excluding hydrogens is 492 g/mol. The summed E-state index contributed by atoms with van der Waals surface area (Å²) < 4.78 is 18.4. The molecule has 10 heteroatoms. The topological polar surface area (TPSA) is 101 Å². The number of nitrogens with zero attached hydrogens (tertiary/aromatic N) is 5. The highest BCUT2D eigenvalue weighted by Gasteiger charge is 2.16. The first-order valence-corrected chi connectivity index (χ1v) is 12.2. The van der Waals surface area contributed by atoms with Crippen LogP contribution in [0.4, 0.5) is 11.4 Å². The Bertz CT molecular complexity index is 1300. The molecule has 4 aromatic rings. The third-order valence-electron chi connectivity index (χ3n) is 6.55. The Morgan fingerprint density at radius 1 is 1.00 bits per heavy atom. The van der Waals surface area contributed by atoms with Crippen LogP contribution in [0.3, 0.4) is 0 Å². The molecule has 1 aliphatic heterocycles. The van der Waals surface area contributed by atoms with Crippen molar-refractivity contribution < 1.29 is 14.2 Å². The van der Waals surface area contributed by atoms with Gasteiger partial charge in [-0.3, -0.25) is 9.67 Å². The summed E-state index contributed by atoms with van der Waals surface area (Å²) in [5.74, 6) is 2.03. The SMILES string of the molecule is COc1cc(OC)cc(N(CCN)c2ccc3ncc(-c4cnn(CC5CCOCC5)c4)nc3c2)c1.Cl. The van der Waals surface area contributed by atoms with Crippen LogP contribution in [0.25, 0.3) is 22.3 Å². The number of halogens is 1. The average molecular weight is 525 g/mol. The van der Waals surface area contributed by atoms with Gasteiger partial charge in [0.15, 0.2) is 0 Å². The Hall–Kier alpha value is -3.40.